The Morgan fingerprint density at radius 1 is 1.17 bits per heavy atom. The molecule has 2 aliphatic heterocycles. The SMILES string of the molecule is O=C(C1COc2ccccc2O1)N(CC(F)(F)F)C1CCOCC1. The number of ether oxygens (including phenoxy) is 3. The average molecular weight is 345 g/mol. The Bertz CT molecular complexity index is 587. The summed E-state index contributed by atoms with van der Waals surface area (Å²) >= 11 is 0. The van der Waals surface area contributed by atoms with Gasteiger partial charge in [0.2, 0.25) is 6.10 Å². The molecule has 3 rings (SSSR count). The highest BCUT2D eigenvalue weighted by molar-refractivity contribution is 5.82. The lowest BCUT2D eigenvalue weighted by atomic mass is 10.1. The van der Waals surface area contributed by atoms with Crippen molar-refractivity contribution in [1.82, 2.24) is 4.90 Å². The van der Waals surface area contributed by atoms with Crippen LogP contribution in [0, 0.1) is 0 Å². The van der Waals surface area contributed by atoms with Crippen LogP contribution in [0.15, 0.2) is 24.3 Å². The lowest BCUT2D eigenvalue weighted by Gasteiger charge is -2.37. The third-order valence-corrected chi connectivity index (χ3v) is 4.05. The number of alkyl halides is 3. The summed E-state index contributed by atoms with van der Waals surface area (Å²) < 4.78 is 55.0. The molecule has 2 aliphatic rings. The number of hydrogen-bond acceptors (Lipinski definition) is 4. The zero-order chi connectivity index (χ0) is 17.2. The Kier molecular flexibility index (Phi) is 4.84. The van der Waals surface area contributed by atoms with E-state index in [4.69, 9.17) is 14.2 Å². The number of rotatable bonds is 3. The molecule has 1 atom stereocenters. The molecule has 0 spiro atoms. The molecule has 24 heavy (non-hydrogen) atoms. The van der Waals surface area contributed by atoms with E-state index in [1.165, 1.54) is 0 Å². The van der Waals surface area contributed by atoms with Gasteiger partial charge in [-0.05, 0) is 25.0 Å². The van der Waals surface area contributed by atoms with E-state index in [1.807, 2.05) is 0 Å². The van der Waals surface area contributed by atoms with Gasteiger partial charge in [-0.2, -0.15) is 13.2 Å². The van der Waals surface area contributed by atoms with Gasteiger partial charge in [-0.25, -0.2) is 0 Å². The summed E-state index contributed by atoms with van der Waals surface area (Å²) in [4.78, 5) is 13.5. The molecule has 1 aromatic rings. The molecular formula is C16H18F3NO4. The summed E-state index contributed by atoms with van der Waals surface area (Å²) in [6.45, 7) is -0.709. The van der Waals surface area contributed by atoms with Gasteiger partial charge in [0.1, 0.15) is 13.2 Å². The van der Waals surface area contributed by atoms with Crippen LogP contribution in [0.5, 0.6) is 11.5 Å². The largest absolute Gasteiger partial charge is 0.485 e. The molecule has 0 aliphatic carbocycles. The highest BCUT2D eigenvalue weighted by Gasteiger charge is 2.41. The highest BCUT2D eigenvalue weighted by Crippen LogP contribution is 2.32. The van der Waals surface area contributed by atoms with Gasteiger partial charge in [-0.1, -0.05) is 12.1 Å². The Labute approximate surface area is 137 Å². The molecule has 1 aromatic carbocycles. The molecule has 5 nitrogen and oxygen atoms in total. The number of nitrogens with zero attached hydrogens (tertiary/aromatic N) is 1. The second-order valence-corrected chi connectivity index (χ2v) is 5.79. The quantitative estimate of drug-likeness (QED) is 0.844. The Morgan fingerprint density at radius 3 is 2.50 bits per heavy atom. The molecule has 1 amide bonds. The standard InChI is InChI=1S/C16H18F3NO4/c17-16(18,19)10-20(11-5-7-22-8-6-11)15(21)14-9-23-12-3-1-2-4-13(12)24-14/h1-4,11,14H,5-10H2. The van der Waals surface area contributed by atoms with Crippen LogP contribution in [0.4, 0.5) is 13.2 Å². The van der Waals surface area contributed by atoms with Gasteiger partial charge >= 0.3 is 6.18 Å². The third kappa shape index (κ3) is 3.92. The van der Waals surface area contributed by atoms with E-state index >= 15 is 0 Å². The fraction of sp³-hybridized carbons (Fsp3) is 0.562. The predicted molar refractivity (Wildman–Crippen MR) is 78.0 cm³/mol. The van der Waals surface area contributed by atoms with E-state index in [0.717, 1.165) is 4.90 Å². The van der Waals surface area contributed by atoms with E-state index in [-0.39, 0.29) is 6.61 Å². The predicted octanol–water partition coefficient (Wildman–Crippen LogP) is 2.40. The number of hydrogen-bond donors (Lipinski definition) is 0. The van der Waals surface area contributed by atoms with E-state index in [9.17, 15) is 18.0 Å². The smallest absolute Gasteiger partial charge is 0.406 e. The van der Waals surface area contributed by atoms with Crippen molar-refractivity contribution in [1.29, 1.82) is 0 Å². The van der Waals surface area contributed by atoms with Crippen molar-refractivity contribution in [2.45, 2.75) is 31.2 Å². The molecule has 1 fully saturated rings. The van der Waals surface area contributed by atoms with Crippen molar-refractivity contribution in [3.05, 3.63) is 24.3 Å². The van der Waals surface area contributed by atoms with Crippen molar-refractivity contribution < 1.29 is 32.2 Å². The maximum Gasteiger partial charge on any atom is 0.406 e. The van der Waals surface area contributed by atoms with Crippen molar-refractivity contribution in [2.24, 2.45) is 0 Å². The lowest BCUT2D eigenvalue weighted by Crippen LogP contribution is -2.54. The van der Waals surface area contributed by atoms with Crippen LogP contribution in [0.2, 0.25) is 0 Å². The Balaban J connectivity index is 1.75. The molecule has 2 heterocycles. The van der Waals surface area contributed by atoms with Gasteiger partial charge in [0, 0.05) is 19.3 Å². The minimum Gasteiger partial charge on any atom is -0.485 e. The van der Waals surface area contributed by atoms with Gasteiger partial charge < -0.3 is 19.1 Å². The number of benzene rings is 1. The van der Waals surface area contributed by atoms with E-state index in [1.54, 1.807) is 24.3 Å². The van der Waals surface area contributed by atoms with Gasteiger partial charge in [0.25, 0.3) is 5.91 Å². The maximum absolute atomic E-state index is 12.9. The zero-order valence-electron chi connectivity index (χ0n) is 12.9. The summed E-state index contributed by atoms with van der Waals surface area (Å²) in [5.74, 6) is 0.143. The lowest BCUT2D eigenvalue weighted by molar-refractivity contribution is -0.174. The minimum absolute atomic E-state index is 0.104. The fourth-order valence-corrected chi connectivity index (χ4v) is 2.90. The molecule has 0 radical (unpaired) electrons. The van der Waals surface area contributed by atoms with Crippen molar-refractivity contribution in [3.8, 4) is 11.5 Å². The highest BCUT2D eigenvalue weighted by atomic mass is 19.4. The molecule has 0 saturated carbocycles. The average Bonchev–Trinajstić information content (AvgIpc) is 2.58. The first-order valence-electron chi connectivity index (χ1n) is 7.77. The number of carbonyl (C=O) groups excluding carboxylic acids is 1. The summed E-state index contributed by atoms with van der Waals surface area (Å²) in [6, 6.07) is 6.26. The molecule has 1 saturated heterocycles. The summed E-state index contributed by atoms with van der Waals surface area (Å²) in [7, 11) is 0. The number of amides is 1. The zero-order valence-corrected chi connectivity index (χ0v) is 12.9. The molecule has 0 bridgehead atoms. The first-order valence-corrected chi connectivity index (χ1v) is 7.77. The van der Waals surface area contributed by atoms with Crippen molar-refractivity contribution in [2.75, 3.05) is 26.4 Å². The van der Waals surface area contributed by atoms with Gasteiger partial charge in [0.15, 0.2) is 11.5 Å². The van der Waals surface area contributed by atoms with E-state index in [2.05, 4.69) is 0 Å². The van der Waals surface area contributed by atoms with Crippen LogP contribution >= 0.6 is 0 Å². The summed E-state index contributed by atoms with van der Waals surface area (Å²) in [5.41, 5.74) is 0. The number of para-hydroxylation sites is 2. The first-order chi connectivity index (χ1) is 11.4. The van der Waals surface area contributed by atoms with E-state index in [0.29, 0.717) is 37.6 Å². The molecule has 0 N–H and O–H groups in total. The maximum atomic E-state index is 12.9. The van der Waals surface area contributed by atoms with Crippen LogP contribution in [0.25, 0.3) is 0 Å². The number of halogens is 3. The Morgan fingerprint density at radius 2 is 1.83 bits per heavy atom. The second kappa shape index (κ2) is 6.88. The molecular weight excluding hydrogens is 327 g/mol. The molecule has 1 unspecified atom stereocenters. The van der Waals surface area contributed by atoms with Gasteiger partial charge in [-0.3, -0.25) is 4.79 Å². The van der Waals surface area contributed by atoms with Gasteiger partial charge in [0.05, 0.1) is 0 Å². The fourth-order valence-electron chi connectivity index (χ4n) is 2.90. The van der Waals surface area contributed by atoms with Crippen LogP contribution in [0.1, 0.15) is 12.8 Å². The third-order valence-electron chi connectivity index (χ3n) is 4.05. The molecule has 8 heteroatoms. The number of carbonyl (C=O) groups is 1. The normalized spacial score (nSPS) is 21.4. The van der Waals surface area contributed by atoms with E-state index < -0.39 is 30.8 Å². The van der Waals surface area contributed by atoms with Crippen molar-refractivity contribution in [3.63, 3.8) is 0 Å². The summed E-state index contributed by atoms with van der Waals surface area (Å²) in [5, 5.41) is 0. The number of fused-ring (bicyclic) bond motifs is 1. The van der Waals surface area contributed by atoms with Crippen LogP contribution in [-0.2, 0) is 9.53 Å². The first kappa shape index (κ1) is 16.9. The topological polar surface area (TPSA) is 48.0 Å². The monoisotopic (exact) mass is 345 g/mol. The van der Waals surface area contributed by atoms with Gasteiger partial charge in [-0.15, -0.1) is 0 Å². The molecule has 132 valence electrons. The van der Waals surface area contributed by atoms with Crippen molar-refractivity contribution >= 4 is 5.91 Å². The molecule has 0 aromatic heterocycles. The van der Waals surface area contributed by atoms with Crippen LogP contribution in [-0.4, -0.2) is 55.5 Å². The van der Waals surface area contributed by atoms with Crippen LogP contribution < -0.4 is 9.47 Å². The van der Waals surface area contributed by atoms with Crippen LogP contribution in [0.3, 0.4) is 0 Å². The second-order valence-electron chi connectivity index (χ2n) is 5.79. The minimum atomic E-state index is -4.47. The summed E-state index contributed by atoms with van der Waals surface area (Å²) in [6.07, 6.45) is -4.79. The Hall–Kier alpha value is -1.96.